The molecule has 10 nitrogen and oxygen atoms in total. The smallest absolute Gasteiger partial charge is 0.272 e. The van der Waals surface area contributed by atoms with Crippen molar-refractivity contribution >= 4 is 22.4 Å². The number of carbonyl (C=O) groups excluding carboxylic acids is 1. The van der Waals surface area contributed by atoms with Gasteiger partial charge in [0.2, 0.25) is 11.7 Å². The zero-order valence-corrected chi connectivity index (χ0v) is 20.0. The molecule has 0 amide bonds. The van der Waals surface area contributed by atoms with Crippen molar-refractivity contribution in [3.63, 3.8) is 0 Å². The number of aromatic amines is 1. The van der Waals surface area contributed by atoms with Gasteiger partial charge in [0.1, 0.15) is 11.5 Å². The molecule has 1 unspecified atom stereocenters. The topological polar surface area (TPSA) is 135 Å². The molecule has 1 aliphatic rings. The summed E-state index contributed by atoms with van der Waals surface area (Å²) in [5.41, 5.74) is -0.0273. The number of piperidine rings is 1. The summed E-state index contributed by atoms with van der Waals surface area (Å²) in [5, 5.41) is 18.8. The molecular weight excluding hydrogens is 460 g/mol. The number of H-pyrrole nitrogens is 1. The average molecular weight is 489 g/mol. The molecule has 3 N–H and O–H groups in total. The number of hydrogen-bond donors (Lipinski definition) is 3. The molecule has 2 aromatic carbocycles. The van der Waals surface area contributed by atoms with E-state index in [9.17, 15) is 9.59 Å². The maximum atomic E-state index is 13.5. The Labute approximate surface area is 207 Å². The third-order valence-electron chi connectivity index (χ3n) is 6.74. The lowest BCUT2D eigenvalue weighted by Crippen LogP contribution is -2.50. The van der Waals surface area contributed by atoms with Crippen LogP contribution in [0.4, 0.5) is 5.82 Å². The number of aryl methyl sites for hydroxylation is 1. The van der Waals surface area contributed by atoms with Gasteiger partial charge in [-0.3, -0.25) is 9.59 Å². The fourth-order valence-electron chi connectivity index (χ4n) is 4.66. The summed E-state index contributed by atoms with van der Waals surface area (Å²) in [7, 11) is 1.61. The van der Waals surface area contributed by atoms with Crippen molar-refractivity contribution in [1.29, 1.82) is 0 Å². The number of nitrogens with zero attached hydrogens (tertiary/aromatic N) is 3. The van der Waals surface area contributed by atoms with Crippen LogP contribution in [0.3, 0.4) is 0 Å². The number of rotatable bonds is 9. The average Bonchev–Trinajstić information content (AvgIpc) is 3.41. The van der Waals surface area contributed by atoms with E-state index in [4.69, 9.17) is 9.26 Å². The number of ether oxygens (including phenoxy) is 1. The number of carbonyl (C=O) groups is 1. The number of nitrogens with one attached hydrogen (secondary N) is 3. The molecule has 0 aliphatic carbocycles. The third kappa shape index (κ3) is 4.85. The van der Waals surface area contributed by atoms with Crippen LogP contribution in [0.25, 0.3) is 22.2 Å². The zero-order chi connectivity index (χ0) is 25.0. The minimum atomic E-state index is -0.601. The summed E-state index contributed by atoms with van der Waals surface area (Å²) in [5.74, 6) is 2.34. The first kappa shape index (κ1) is 23.7. The molecule has 1 fully saturated rings. The van der Waals surface area contributed by atoms with Gasteiger partial charge in [0.25, 0.3) is 5.56 Å². The summed E-state index contributed by atoms with van der Waals surface area (Å²) < 4.78 is 10.6. The number of hydrogen-bond acceptors (Lipinski definition) is 9. The number of benzene rings is 2. The fourth-order valence-corrected chi connectivity index (χ4v) is 4.66. The van der Waals surface area contributed by atoms with E-state index in [2.05, 4.69) is 31.0 Å². The van der Waals surface area contributed by atoms with Gasteiger partial charge in [-0.15, -0.1) is 0 Å². The van der Waals surface area contributed by atoms with E-state index in [0.29, 0.717) is 42.4 Å². The second-order valence-electron chi connectivity index (χ2n) is 9.02. The van der Waals surface area contributed by atoms with Crippen molar-refractivity contribution in [2.45, 2.75) is 25.7 Å². The van der Waals surface area contributed by atoms with Crippen LogP contribution in [0.1, 0.15) is 25.2 Å². The highest BCUT2D eigenvalue weighted by Crippen LogP contribution is 2.31. The van der Waals surface area contributed by atoms with Crippen molar-refractivity contribution in [2.24, 2.45) is 5.41 Å². The van der Waals surface area contributed by atoms with Crippen LogP contribution in [-0.2, 0) is 11.2 Å². The van der Waals surface area contributed by atoms with Gasteiger partial charge in [-0.1, -0.05) is 23.4 Å². The molecule has 2 aromatic heterocycles. The largest absolute Gasteiger partial charge is 0.497 e. The van der Waals surface area contributed by atoms with Crippen molar-refractivity contribution in [2.75, 3.05) is 32.1 Å². The number of aromatic nitrogens is 4. The molecule has 4 aromatic rings. The Morgan fingerprint density at radius 3 is 2.72 bits per heavy atom. The minimum absolute atomic E-state index is 0.125. The standard InChI is InChI=1S/C26H28N6O4/c1-35-18-9-7-17(8-10-18)23-29-22(36-32-23)12-11-21(33)26(13-4-14-27-15-26)16-28-24-19-5-2-3-6-20(19)25(34)31-30-24/h2-3,5-10,27H,4,11-16H2,1H3,(H,28,30)(H,31,34). The molecule has 3 heterocycles. The Balaban J connectivity index is 1.28. The predicted octanol–water partition coefficient (Wildman–Crippen LogP) is 2.97. The van der Waals surface area contributed by atoms with Crippen molar-refractivity contribution < 1.29 is 14.1 Å². The Kier molecular flexibility index (Phi) is 6.77. The minimum Gasteiger partial charge on any atom is -0.497 e. The number of anilines is 1. The van der Waals surface area contributed by atoms with Gasteiger partial charge in [-0.2, -0.15) is 10.1 Å². The van der Waals surface area contributed by atoms with Crippen LogP contribution in [0.2, 0.25) is 0 Å². The van der Waals surface area contributed by atoms with Crippen LogP contribution in [-0.4, -0.2) is 52.9 Å². The third-order valence-corrected chi connectivity index (χ3v) is 6.74. The van der Waals surface area contributed by atoms with Crippen LogP contribution >= 0.6 is 0 Å². The van der Waals surface area contributed by atoms with E-state index in [0.717, 1.165) is 36.1 Å². The van der Waals surface area contributed by atoms with Gasteiger partial charge in [0.15, 0.2) is 5.82 Å². The molecule has 0 bridgehead atoms. The van der Waals surface area contributed by atoms with E-state index in [1.807, 2.05) is 42.5 Å². The second-order valence-corrected chi connectivity index (χ2v) is 9.02. The lowest BCUT2D eigenvalue weighted by molar-refractivity contribution is -0.129. The highest BCUT2D eigenvalue weighted by atomic mass is 16.5. The number of ketones is 1. The molecule has 1 saturated heterocycles. The SMILES string of the molecule is COc1ccc(-c2noc(CCC(=O)C3(CNc4n[nH]c(=O)c5ccccc45)CCCNC3)n2)cc1. The monoisotopic (exact) mass is 488 g/mol. The first-order valence-electron chi connectivity index (χ1n) is 12.0. The Morgan fingerprint density at radius 2 is 1.97 bits per heavy atom. The van der Waals surface area contributed by atoms with E-state index < -0.39 is 5.41 Å². The van der Waals surface area contributed by atoms with Gasteiger partial charge >= 0.3 is 0 Å². The van der Waals surface area contributed by atoms with Crippen molar-refractivity contribution in [1.82, 2.24) is 25.7 Å². The van der Waals surface area contributed by atoms with E-state index in [1.165, 1.54) is 0 Å². The van der Waals surface area contributed by atoms with E-state index in [-0.39, 0.29) is 17.8 Å². The summed E-state index contributed by atoms with van der Waals surface area (Å²) in [4.78, 5) is 30.1. The lowest BCUT2D eigenvalue weighted by atomic mass is 9.75. The van der Waals surface area contributed by atoms with Crippen LogP contribution in [0.5, 0.6) is 5.75 Å². The van der Waals surface area contributed by atoms with Gasteiger partial charge in [0, 0.05) is 36.9 Å². The van der Waals surface area contributed by atoms with Gasteiger partial charge in [-0.25, -0.2) is 5.10 Å². The van der Waals surface area contributed by atoms with Crippen molar-refractivity contribution in [3.8, 4) is 17.1 Å². The highest BCUT2D eigenvalue weighted by molar-refractivity contribution is 5.91. The Morgan fingerprint density at radius 1 is 1.17 bits per heavy atom. The molecule has 36 heavy (non-hydrogen) atoms. The van der Waals surface area contributed by atoms with Crippen LogP contribution < -0.4 is 20.9 Å². The Bertz CT molecular complexity index is 1410. The Hall–Kier alpha value is -4.05. The molecule has 5 rings (SSSR count). The molecule has 186 valence electrons. The van der Waals surface area contributed by atoms with E-state index in [1.54, 1.807) is 13.2 Å². The summed E-state index contributed by atoms with van der Waals surface area (Å²) in [6.07, 6.45) is 2.31. The van der Waals surface area contributed by atoms with Crippen LogP contribution in [0, 0.1) is 5.41 Å². The van der Waals surface area contributed by atoms with Crippen molar-refractivity contribution in [3.05, 3.63) is 64.8 Å². The molecule has 1 aliphatic heterocycles. The first-order chi connectivity index (χ1) is 17.6. The molecule has 0 radical (unpaired) electrons. The van der Waals surface area contributed by atoms with Gasteiger partial charge < -0.3 is 19.9 Å². The highest BCUT2D eigenvalue weighted by Gasteiger charge is 2.39. The molecular formula is C26H28N6O4. The summed E-state index contributed by atoms with van der Waals surface area (Å²) in [6, 6.07) is 14.7. The van der Waals surface area contributed by atoms with Gasteiger partial charge in [0.05, 0.1) is 17.9 Å². The van der Waals surface area contributed by atoms with Gasteiger partial charge in [-0.05, 0) is 49.7 Å². The molecule has 0 saturated carbocycles. The predicted molar refractivity (Wildman–Crippen MR) is 135 cm³/mol. The first-order valence-corrected chi connectivity index (χ1v) is 12.0. The normalized spacial score (nSPS) is 17.7. The number of fused-ring (bicyclic) bond motifs is 1. The summed E-state index contributed by atoms with van der Waals surface area (Å²) >= 11 is 0. The molecule has 1 atom stereocenters. The van der Waals surface area contributed by atoms with E-state index >= 15 is 0 Å². The lowest BCUT2D eigenvalue weighted by Gasteiger charge is -2.36. The van der Waals surface area contributed by atoms with Crippen LogP contribution in [0.15, 0.2) is 57.8 Å². The number of methoxy groups -OCH3 is 1. The zero-order valence-electron chi connectivity index (χ0n) is 20.0. The fraction of sp³-hybridized carbons (Fsp3) is 0.346. The molecule has 10 heteroatoms. The summed E-state index contributed by atoms with van der Waals surface area (Å²) in [6.45, 7) is 1.85. The maximum Gasteiger partial charge on any atom is 0.272 e. The second kappa shape index (κ2) is 10.3. The quantitative estimate of drug-likeness (QED) is 0.325. The number of Topliss-reactive ketones (excluding diaryl/α,β-unsaturated/α-hetero) is 1. The maximum absolute atomic E-state index is 13.5. The molecule has 0 spiro atoms.